The van der Waals surface area contributed by atoms with E-state index < -0.39 is 12.0 Å². The number of amides is 2. The summed E-state index contributed by atoms with van der Waals surface area (Å²) in [5, 5.41) is 9.21. The van der Waals surface area contributed by atoms with Crippen molar-refractivity contribution in [1.82, 2.24) is 9.80 Å². The van der Waals surface area contributed by atoms with E-state index in [1.807, 2.05) is 13.8 Å². The number of carboxylic acid groups (broad SMARTS) is 1. The molecule has 0 unspecified atom stereocenters. The number of hydrogen-bond donors (Lipinski definition) is 1. The zero-order valence-corrected chi connectivity index (χ0v) is 12.7. The third kappa shape index (κ3) is 3.85. The van der Waals surface area contributed by atoms with Crippen LogP contribution < -0.4 is 0 Å². The lowest BCUT2D eigenvalue weighted by Gasteiger charge is -2.35. The number of carbonyl (C=O) groups is 2. The quantitative estimate of drug-likeness (QED) is 0.774. The first-order chi connectivity index (χ1) is 9.56. The predicted octanol–water partition coefficient (Wildman–Crippen LogP) is 1.79. The first-order valence-electron chi connectivity index (χ1n) is 7.35. The largest absolute Gasteiger partial charge is 0.480 e. The molecule has 1 fully saturated rings. The zero-order valence-electron chi connectivity index (χ0n) is 12.7. The van der Waals surface area contributed by atoms with Crippen molar-refractivity contribution in [3.63, 3.8) is 0 Å². The summed E-state index contributed by atoms with van der Waals surface area (Å²) in [6.45, 7) is 5.58. The average molecular weight is 286 g/mol. The highest BCUT2D eigenvalue weighted by Crippen LogP contribution is 2.21. The van der Waals surface area contributed by atoms with E-state index in [0.29, 0.717) is 26.1 Å². The Balaban J connectivity index is 2.83. The highest BCUT2D eigenvalue weighted by molar-refractivity contribution is 5.83. The van der Waals surface area contributed by atoms with Crippen LogP contribution in [0.4, 0.5) is 4.79 Å². The summed E-state index contributed by atoms with van der Waals surface area (Å²) in [7, 11) is 1.60. The Bertz CT molecular complexity index is 331. The minimum atomic E-state index is -0.910. The van der Waals surface area contributed by atoms with E-state index in [1.165, 1.54) is 4.90 Å². The van der Waals surface area contributed by atoms with Crippen molar-refractivity contribution >= 4 is 12.0 Å². The van der Waals surface area contributed by atoms with E-state index in [1.54, 1.807) is 12.0 Å². The summed E-state index contributed by atoms with van der Waals surface area (Å²) in [5.74, 6) is -0.910. The molecule has 20 heavy (non-hydrogen) atoms. The molecule has 0 saturated carbocycles. The lowest BCUT2D eigenvalue weighted by atomic mass is 10.1. The number of methoxy groups -OCH3 is 1. The molecule has 0 aromatic carbocycles. The number of carboxylic acids is 1. The molecule has 6 nitrogen and oxygen atoms in total. The van der Waals surface area contributed by atoms with Crippen molar-refractivity contribution in [3.8, 4) is 0 Å². The third-order valence-corrected chi connectivity index (χ3v) is 3.95. The number of hydrogen-bond acceptors (Lipinski definition) is 3. The smallest absolute Gasteiger partial charge is 0.326 e. The number of ether oxygens (including phenoxy) is 1. The van der Waals surface area contributed by atoms with Crippen molar-refractivity contribution in [2.75, 3.05) is 26.8 Å². The summed E-state index contributed by atoms with van der Waals surface area (Å²) in [6, 6.07) is -0.713. The van der Waals surface area contributed by atoms with Crippen LogP contribution in [0.3, 0.4) is 0 Å². The predicted molar refractivity (Wildman–Crippen MR) is 75.7 cm³/mol. The monoisotopic (exact) mass is 286 g/mol. The molecule has 116 valence electrons. The average Bonchev–Trinajstić information content (AvgIpc) is 2.92. The Morgan fingerprint density at radius 3 is 2.55 bits per heavy atom. The van der Waals surface area contributed by atoms with E-state index in [2.05, 4.69) is 0 Å². The van der Waals surface area contributed by atoms with Gasteiger partial charge in [-0.2, -0.15) is 0 Å². The van der Waals surface area contributed by atoms with Crippen LogP contribution in [-0.2, 0) is 9.53 Å². The van der Waals surface area contributed by atoms with Gasteiger partial charge in [-0.25, -0.2) is 9.59 Å². The van der Waals surface area contributed by atoms with Gasteiger partial charge in [0.25, 0.3) is 0 Å². The van der Waals surface area contributed by atoms with Gasteiger partial charge in [-0.05, 0) is 25.7 Å². The summed E-state index contributed by atoms with van der Waals surface area (Å²) in [6.07, 6.45) is 3.01. The second-order valence-electron chi connectivity index (χ2n) is 5.13. The Hall–Kier alpha value is -1.30. The fourth-order valence-corrected chi connectivity index (χ4v) is 2.77. The summed E-state index contributed by atoms with van der Waals surface area (Å²) < 4.78 is 5.07. The van der Waals surface area contributed by atoms with Crippen molar-refractivity contribution in [3.05, 3.63) is 0 Å². The Morgan fingerprint density at radius 1 is 1.40 bits per heavy atom. The molecule has 0 aliphatic carbocycles. The first-order valence-corrected chi connectivity index (χ1v) is 7.35. The molecular formula is C14H26N2O4. The molecular weight excluding hydrogens is 260 g/mol. The van der Waals surface area contributed by atoms with E-state index >= 15 is 0 Å². The summed E-state index contributed by atoms with van der Waals surface area (Å²) in [5.41, 5.74) is 0. The maximum atomic E-state index is 12.7. The van der Waals surface area contributed by atoms with E-state index in [-0.39, 0.29) is 12.1 Å². The van der Waals surface area contributed by atoms with Crippen LogP contribution >= 0.6 is 0 Å². The standard InChI is InChI=1S/C14H26N2O4/c1-4-11(5-2)15(9-10-20-3)14(19)16-8-6-7-12(16)13(17)18/h11-12H,4-10H2,1-3H3,(H,17,18)/t12-/m0/s1. The van der Waals surface area contributed by atoms with Gasteiger partial charge in [-0.1, -0.05) is 13.8 Å². The van der Waals surface area contributed by atoms with Gasteiger partial charge in [0.1, 0.15) is 6.04 Å². The van der Waals surface area contributed by atoms with Crippen LogP contribution in [-0.4, -0.2) is 65.8 Å². The Labute approximate surface area is 120 Å². The van der Waals surface area contributed by atoms with Crippen molar-refractivity contribution in [2.24, 2.45) is 0 Å². The molecule has 1 aliphatic heterocycles. The van der Waals surface area contributed by atoms with Crippen LogP contribution in [0.5, 0.6) is 0 Å². The summed E-state index contributed by atoms with van der Waals surface area (Å²) >= 11 is 0. The molecule has 1 atom stereocenters. The summed E-state index contributed by atoms with van der Waals surface area (Å²) in [4.78, 5) is 27.1. The van der Waals surface area contributed by atoms with Gasteiger partial charge in [0.2, 0.25) is 0 Å². The number of rotatable bonds is 7. The maximum absolute atomic E-state index is 12.7. The van der Waals surface area contributed by atoms with Gasteiger partial charge in [-0.15, -0.1) is 0 Å². The number of nitrogens with zero attached hydrogens (tertiary/aromatic N) is 2. The molecule has 0 aromatic rings. The topological polar surface area (TPSA) is 70.1 Å². The van der Waals surface area contributed by atoms with Crippen LogP contribution in [0, 0.1) is 0 Å². The number of aliphatic carboxylic acids is 1. The zero-order chi connectivity index (χ0) is 15.1. The Morgan fingerprint density at radius 2 is 2.05 bits per heavy atom. The third-order valence-electron chi connectivity index (χ3n) is 3.95. The van der Waals surface area contributed by atoms with Gasteiger partial charge >= 0.3 is 12.0 Å². The van der Waals surface area contributed by atoms with Crippen LogP contribution in [0.2, 0.25) is 0 Å². The fraction of sp³-hybridized carbons (Fsp3) is 0.857. The van der Waals surface area contributed by atoms with Gasteiger partial charge in [0, 0.05) is 26.2 Å². The van der Waals surface area contributed by atoms with Crippen LogP contribution in [0.1, 0.15) is 39.5 Å². The molecule has 0 spiro atoms. The molecule has 0 radical (unpaired) electrons. The second-order valence-corrected chi connectivity index (χ2v) is 5.13. The molecule has 0 bridgehead atoms. The van der Waals surface area contributed by atoms with Gasteiger partial charge in [-0.3, -0.25) is 0 Å². The number of carbonyl (C=O) groups excluding carboxylic acids is 1. The molecule has 6 heteroatoms. The van der Waals surface area contributed by atoms with Crippen molar-refractivity contribution < 1.29 is 19.4 Å². The minimum Gasteiger partial charge on any atom is -0.480 e. The van der Waals surface area contributed by atoms with Crippen molar-refractivity contribution in [1.29, 1.82) is 0 Å². The molecule has 1 saturated heterocycles. The van der Waals surface area contributed by atoms with Crippen molar-refractivity contribution in [2.45, 2.75) is 51.6 Å². The molecule has 1 aliphatic rings. The Kier molecular flexibility index (Phi) is 6.78. The van der Waals surface area contributed by atoms with Gasteiger partial charge in [0.05, 0.1) is 6.61 Å². The molecule has 1 heterocycles. The van der Waals surface area contributed by atoms with Crippen LogP contribution in [0.15, 0.2) is 0 Å². The first kappa shape index (κ1) is 16.8. The second kappa shape index (κ2) is 8.09. The van der Waals surface area contributed by atoms with E-state index in [4.69, 9.17) is 4.74 Å². The molecule has 1 rings (SSSR count). The van der Waals surface area contributed by atoms with E-state index in [9.17, 15) is 14.7 Å². The normalized spacial score (nSPS) is 18.6. The lowest BCUT2D eigenvalue weighted by Crippen LogP contribution is -2.52. The molecule has 2 amide bonds. The van der Waals surface area contributed by atoms with Gasteiger partial charge < -0.3 is 19.6 Å². The number of likely N-dealkylation sites (tertiary alicyclic amines) is 1. The maximum Gasteiger partial charge on any atom is 0.326 e. The fourth-order valence-electron chi connectivity index (χ4n) is 2.77. The van der Waals surface area contributed by atoms with E-state index in [0.717, 1.165) is 19.3 Å². The van der Waals surface area contributed by atoms with Crippen LogP contribution in [0.25, 0.3) is 0 Å². The SMILES string of the molecule is CCC(CC)N(CCOC)C(=O)N1CCC[C@H]1C(=O)O. The highest BCUT2D eigenvalue weighted by Gasteiger charge is 2.37. The lowest BCUT2D eigenvalue weighted by molar-refractivity contribution is -0.141. The minimum absolute atomic E-state index is 0.132. The molecule has 1 N–H and O–H groups in total. The molecule has 0 aromatic heterocycles. The highest BCUT2D eigenvalue weighted by atomic mass is 16.5. The number of urea groups is 1. The van der Waals surface area contributed by atoms with Gasteiger partial charge in [0.15, 0.2) is 0 Å².